The lowest BCUT2D eigenvalue weighted by molar-refractivity contribution is -0.697. The molecule has 0 unspecified atom stereocenters. The Morgan fingerprint density at radius 3 is 2.53 bits per heavy atom. The molecule has 0 aliphatic heterocycles. The molecule has 0 saturated heterocycles. The largest absolute Gasteiger partial charge is 1.00 e. The molecule has 0 amide bonds. The number of rotatable bonds is 6. The van der Waals surface area contributed by atoms with E-state index < -0.39 is 0 Å². The zero-order chi connectivity index (χ0) is 19.6. The fourth-order valence-electron chi connectivity index (χ4n) is 3.55. The van der Waals surface area contributed by atoms with Gasteiger partial charge in [0.1, 0.15) is 49.0 Å². The molecule has 0 fully saturated rings. The second-order valence-electron chi connectivity index (χ2n) is 7.06. The van der Waals surface area contributed by atoms with E-state index in [1.165, 1.54) is 5.56 Å². The Morgan fingerprint density at radius 2 is 1.70 bits per heavy atom. The number of fused-ring (bicyclic) bond motifs is 3. The lowest BCUT2D eigenvalue weighted by Gasteiger charge is -2.04. The summed E-state index contributed by atoms with van der Waals surface area (Å²) in [6.07, 6.45) is 6.25. The standard InChI is InChI=1S/C24H20ClN2O2.BrH/c25-19-6-8-21-22-9-7-20(15-24(22)29-23(21)14-19)28-13-12-26-10-11-27(17-26)16-18-4-2-1-3-5-18;/h1-11,14-15,17H,12-13,16H2;1H/q+1;/p-1. The van der Waals surface area contributed by atoms with Gasteiger partial charge in [0.05, 0.1) is 0 Å². The van der Waals surface area contributed by atoms with Crippen molar-refractivity contribution in [3.63, 3.8) is 0 Å². The van der Waals surface area contributed by atoms with Gasteiger partial charge in [-0.05, 0) is 29.8 Å². The lowest BCUT2D eigenvalue weighted by atomic mass is 10.1. The first-order chi connectivity index (χ1) is 14.2. The topological polar surface area (TPSA) is 31.2 Å². The molecule has 0 aliphatic carbocycles. The van der Waals surface area contributed by atoms with E-state index in [0.717, 1.165) is 40.8 Å². The van der Waals surface area contributed by atoms with E-state index in [1.807, 2.05) is 42.5 Å². The van der Waals surface area contributed by atoms with Gasteiger partial charge in [-0.1, -0.05) is 41.9 Å². The molecule has 0 spiro atoms. The van der Waals surface area contributed by atoms with E-state index in [1.54, 1.807) is 0 Å². The van der Waals surface area contributed by atoms with Gasteiger partial charge in [-0.15, -0.1) is 0 Å². The van der Waals surface area contributed by atoms with Gasteiger partial charge in [0, 0.05) is 27.9 Å². The molecule has 0 radical (unpaired) electrons. The average molecular weight is 484 g/mol. The maximum absolute atomic E-state index is 6.06. The summed E-state index contributed by atoms with van der Waals surface area (Å²) in [6.45, 7) is 2.22. The Balaban J connectivity index is 0.00000218. The molecule has 30 heavy (non-hydrogen) atoms. The fraction of sp³-hybridized carbons (Fsp3) is 0.125. The smallest absolute Gasteiger partial charge is 0.244 e. The lowest BCUT2D eigenvalue weighted by Crippen LogP contribution is -3.00. The number of nitrogens with zero attached hydrogens (tertiary/aromatic N) is 2. The Bertz CT molecular complexity index is 1280. The first-order valence-corrected chi connectivity index (χ1v) is 9.96. The molecule has 4 nitrogen and oxygen atoms in total. The van der Waals surface area contributed by atoms with Gasteiger partial charge in [-0.3, -0.25) is 0 Å². The predicted molar refractivity (Wildman–Crippen MR) is 114 cm³/mol. The van der Waals surface area contributed by atoms with Crippen LogP contribution in [-0.2, 0) is 13.1 Å². The van der Waals surface area contributed by atoms with Crippen LogP contribution in [0.15, 0.2) is 89.9 Å². The number of imidazole rings is 1. The van der Waals surface area contributed by atoms with E-state index in [4.69, 9.17) is 20.8 Å². The van der Waals surface area contributed by atoms with Crippen LogP contribution < -0.4 is 26.3 Å². The van der Waals surface area contributed by atoms with Crippen molar-refractivity contribution in [1.82, 2.24) is 4.57 Å². The van der Waals surface area contributed by atoms with E-state index in [0.29, 0.717) is 11.6 Å². The summed E-state index contributed by atoms with van der Waals surface area (Å²) in [5, 5.41) is 2.80. The van der Waals surface area contributed by atoms with Crippen molar-refractivity contribution in [1.29, 1.82) is 0 Å². The van der Waals surface area contributed by atoms with Crippen LogP contribution in [0.25, 0.3) is 21.9 Å². The minimum atomic E-state index is 0. The van der Waals surface area contributed by atoms with E-state index in [2.05, 4.69) is 52.1 Å². The van der Waals surface area contributed by atoms with E-state index in [9.17, 15) is 0 Å². The van der Waals surface area contributed by atoms with E-state index >= 15 is 0 Å². The summed E-state index contributed by atoms with van der Waals surface area (Å²) in [5.74, 6) is 0.798. The minimum Gasteiger partial charge on any atom is -1.00 e. The van der Waals surface area contributed by atoms with Crippen LogP contribution in [0.4, 0.5) is 0 Å². The second kappa shape index (κ2) is 8.94. The SMILES string of the molecule is Clc1ccc2c(c1)oc1cc(OCC[n+]3ccn(Cc4ccccc4)c3)ccc12.[Br-]. The van der Waals surface area contributed by atoms with Crippen molar-refractivity contribution in [3.8, 4) is 5.75 Å². The molecule has 2 heterocycles. The molecule has 0 atom stereocenters. The van der Waals surface area contributed by atoms with Gasteiger partial charge in [0.25, 0.3) is 0 Å². The molecular formula is C24H20BrClN2O2. The monoisotopic (exact) mass is 482 g/mol. The van der Waals surface area contributed by atoms with Crippen molar-refractivity contribution >= 4 is 33.5 Å². The fourth-order valence-corrected chi connectivity index (χ4v) is 3.71. The van der Waals surface area contributed by atoms with Crippen LogP contribution in [0.1, 0.15) is 5.56 Å². The third-order valence-corrected chi connectivity index (χ3v) is 5.21. The first kappa shape index (κ1) is 20.5. The molecular weight excluding hydrogens is 464 g/mol. The van der Waals surface area contributed by atoms with Crippen molar-refractivity contribution in [2.75, 3.05) is 6.61 Å². The van der Waals surface area contributed by atoms with Gasteiger partial charge in [0.15, 0.2) is 0 Å². The average Bonchev–Trinajstić information content (AvgIpc) is 3.32. The summed E-state index contributed by atoms with van der Waals surface area (Å²) in [5.41, 5.74) is 2.88. The van der Waals surface area contributed by atoms with Crippen molar-refractivity contribution in [3.05, 3.63) is 96.0 Å². The number of furan rings is 1. The molecule has 3 aromatic carbocycles. The summed E-state index contributed by atoms with van der Waals surface area (Å²) >= 11 is 6.06. The molecule has 6 heteroatoms. The quantitative estimate of drug-likeness (QED) is 0.348. The highest BCUT2D eigenvalue weighted by atomic mass is 79.9. The van der Waals surface area contributed by atoms with E-state index in [-0.39, 0.29) is 17.0 Å². The maximum Gasteiger partial charge on any atom is 0.244 e. The van der Waals surface area contributed by atoms with Crippen LogP contribution >= 0.6 is 11.6 Å². The second-order valence-corrected chi connectivity index (χ2v) is 7.49. The zero-order valence-corrected chi connectivity index (χ0v) is 18.5. The third-order valence-electron chi connectivity index (χ3n) is 4.98. The van der Waals surface area contributed by atoms with Crippen molar-refractivity contribution < 1.29 is 30.7 Å². The zero-order valence-electron chi connectivity index (χ0n) is 16.2. The number of hydrogen-bond donors (Lipinski definition) is 0. The van der Waals surface area contributed by atoms with Crippen LogP contribution in [0.3, 0.4) is 0 Å². The Morgan fingerprint density at radius 1 is 0.933 bits per heavy atom. The number of ether oxygens (including phenoxy) is 1. The summed E-state index contributed by atoms with van der Waals surface area (Å²) in [7, 11) is 0. The number of benzene rings is 3. The van der Waals surface area contributed by atoms with Crippen LogP contribution in [0, 0.1) is 0 Å². The van der Waals surface area contributed by atoms with Crippen LogP contribution in [-0.4, -0.2) is 11.2 Å². The summed E-state index contributed by atoms with van der Waals surface area (Å²) in [6, 6.07) is 22.1. The van der Waals surface area contributed by atoms with Crippen LogP contribution in [0.2, 0.25) is 5.02 Å². The number of hydrogen-bond acceptors (Lipinski definition) is 2. The molecule has 2 aromatic heterocycles. The van der Waals surface area contributed by atoms with Crippen molar-refractivity contribution in [2.45, 2.75) is 13.1 Å². The van der Waals surface area contributed by atoms with Gasteiger partial charge >= 0.3 is 0 Å². The Labute approximate surface area is 190 Å². The number of halogens is 2. The van der Waals surface area contributed by atoms with Gasteiger partial charge in [-0.2, -0.15) is 0 Å². The molecule has 0 aliphatic rings. The highest BCUT2D eigenvalue weighted by Crippen LogP contribution is 2.32. The predicted octanol–water partition coefficient (Wildman–Crippen LogP) is 2.46. The third kappa shape index (κ3) is 4.37. The van der Waals surface area contributed by atoms with Gasteiger partial charge in [-0.25, -0.2) is 9.13 Å². The molecule has 0 N–H and O–H groups in total. The highest BCUT2D eigenvalue weighted by Gasteiger charge is 2.09. The number of aromatic nitrogens is 2. The molecule has 0 bridgehead atoms. The summed E-state index contributed by atoms with van der Waals surface area (Å²) < 4.78 is 16.2. The summed E-state index contributed by atoms with van der Waals surface area (Å²) in [4.78, 5) is 0. The maximum atomic E-state index is 6.06. The molecule has 0 saturated carbocycles. The minimum absolute atomic E-state index is 0. The van der Waals surface area contributed by atoms with Gasteiger partial charge < -0.3 is 26.1 Å². The molecule has 152 valence electrons. The molecule has 5 rings (SSSR count). The first-order valence-electron chi connectivity index (χ1n) is 9.58. The van der Waals surface area contributed by atoms with Crippen LogP contribution in [0.5, 0.6) is 5.75 Å². The molecule has 5 aromatic rings. The van der Waals surface area contributed by atoms with Crippen molar-refractivity contribution in [2.24, 2.45) is 0 Å². The Kier molecular flexibility index (Phi) is 6.11. The Hall–Kier alpha value is -2.76. The van der Waals surface area contributed by atoms with Gasteiger partial charge in [0.2, 0.25) is 6.33 Å². The highest BCUT2D eigenvalue weighted by molar-refractivity contribution is 6.31. The normalized spacial score (nSPS) is 11.0.